The van der Waals surface area contributed by atoms with Crippen molar-refractivity contribution in [3.63, 3.8) is 0 Å². The van der Waals surface area contributed by atoms with E-state index >= 15 is 0 Å². The van der Waals surface area contributed by atoms with E-state index < -0.39 is 68.9 Å². The number of hydrogen-bond acceptors (Lipinski definition) is 7. The second-order valence-corrected chi connectivity index (χ2v) is 12.2. The molecule has 34 heavy (non-hydrogen) atoms. The summed E-state index contributed by atoms with van der Waals surface area (Å²) in [5.74, 6) is -5.90. The van der Waals surface area contributed by atoms with Gasteiger partial charge >= 0.3 is 0 Å². The first kappa shape index (κ1) is 27.8. The topological polar surface area (TPSA) is 152 Å². The van der Waals surface area contributed by atoms with Crippen LogP contribution >= 0.6 is 0 Å². The van der Waals surface area contributed by atoms with Crippen LogP contribution in [0.5, 0.6) is 0 Å². The van der Waals surface area contributed by atoms with Gasteiger partial charge in [-0.05, 0) is 35.4 Å². The van der Waals surface area contributed by atoms with Crippen molar-refractivity contribution in [2.24, 2.45) is 23.5 Å². The van der Waals surface area contributed by atoms with Crippen LogP contribution in [-0.2, 0) is 24.5 Å². The van der Waals surface area contributed by atoms with Gasteiger partial charge in [0.1, 0.15) is 0 Å². The number of alkyl halides is 2. The zero-order valence-corrected chi connectivity index (χ0v) is 20.1. The molecule has 4 N–H and O–H groups in total. The number of carbonyl (C=O) groups is 1. The Morgan fingerprint density at radius 2 is 1.06 bits per heavy atom. The molecule has 2 aromatic carbocycles. The predicted molar refractivity (Wildman–Crippen MR) is 121 cm³/mol. The van der Waals surface area contributed by atoms with Gasteiger partial charge in [-0.3, -0.25) is 13.6 Å². The number of rotatable bonds is 11. The summed E-state index contributed by atoms with van der Waals surface area (Å²) in [6.07, 6.45) is -1.35. The summed E-state index contributed by atoms with van der Waals surface area (Å²) in [5, 5.41) is 21.5. The molecule has 0 aliphatic heterocycles. The maximum absolute atomic E-state index is 14.1. The van der Waals surface area contributed by atoms with Gasteiger partial charge in [0.05, 0.1) is 41.3 Å². The van der Waals surface area contributed by atoms with E-state index in [4.69, 9.17) is 5.73 Å². The second-order valence-electron chi connectivity index (χ2n) is 8.14. The number of primary amides is 1. The number of aliphatic hydroxyl groups excluding tert-OH is 2. The Morgan fingerprint density at radius 3 is 1.26 bits per heavy atom. The minimum absolute atomic E-state index is 0.0405. The van der Waals surface area contributed by atoms with Gasteiger partial charge in [-0.1, -0.05) is 24.3 Å². The Bertz CT molecular complexity index is 1110. The Balaban J connectivity index is 2.40. The molecule has 4 unspecified atom stereocenters. The average Bonchev–Trinajstić information content (AvgIpc) is 2.77. The van der Waals surface area contributed by atoms with E-state index in [1.165, 1.54) is 48.5 Å². The van der Waals surface area contributed by atoms with Gasteiger partial charge in [-0.25, -0.2) is 16.8 Å². The molecule has 0 aliphatic rings. The lowest BCUT2D eigenvalue weighted by molar-refractivity contribution is -0.132. The summed E-state index contributed by atoms with van der Waals surface area (Å²) in [6, 6.07) is 9.78. The molecule has 0 spiro atoms. The van der Waals surface area contributed by atoms with Crippen molar-refractivity contribution in [2.45, 2.75) is 22.0 Å². The predicted octanol–water partition coefficient (Wildman–Crippen LogP) is 1.53. The molecule has 12 heteroatoms. The molecule has 0 aromatic heterocycles. The summed E-state index contributed by atoms with van der Waals surface area (Å²) in [5.41, 5.74) is 5.58. The average molecular weight is 520 g/mol. The van der Waals surface area contributed by atoms with Gasteiger partial charge in [0.2, 0.25) is 5.91 Å². The fourth-order valence-electron chi connectivity index (χ4n) is 3.81. The first-order chi connectivity index (χ1) is 15.7. The smallest absolute Gasteiger partial charge is 0.221 e. The third kappa shape index (κ3) is 6.38. The van der Waals surface area contributed by atoms with E-state index in [1.807, 2.05) is 0 Å². The molecule has 2 aromatic rings. The molecule has 0 saturated heterocycles. The first-order valence-electron chi connectivity index (χ1n) is 10.1. The van der Waals surface area contributed by atoms with Gasteiger partial charge in [0.25, 0.3) is 0 Å². The van der Waals surface area contributed by atoms with Crippen molar-refractivity contribution in [2.75, 3.05) is 25.9 Å². The number of halogens is 2. The third-order valence-electron chi connectivity index (χ3n) is 5.72. The number of nitrogens with two attached hydrogens (primary N) is 1. The van der Waals surface area contributed by atoms with Crippen molar-refractivity contribution in [3.05, 3.63) is 59.7 Å². The molecule has 0 heterocycles. The number of aliphatic hydroxyl groups is 2. The molecule has 188 valence electrons. The summed E-state index contributed by atoms with van der Waals surface area (Å²) >= 11 is 0. The lowest BCUT2D eigenvalue weighted by atomic mass is 9.74. The standard InChI is InChI=1S/C22H27F2NO7S2/c1-33(29,30)15-7-3-13(4-8-15)20(26)17(11-23)19(22(25)28)18(12-24)21(27)14-5-9-16(10-6-14)34(2,31)32/h3-10,17-21,26-27H,11-12H2,1-2H3,(H2,25,28). The quantitative estimate of drug-likeness (QED) is 0.407. The van der Waals surface area contributed by atoms with Crippen molar-refractivity contribution < 1.29 is 40.6 Å². The summed E-state index contributed by atoms with van der Waals surface area (Å²) in [6.45, 7) is -2.59. The van der Waals surface area contributed by atoms with Crippen LogP contribution in [0.25, 0.3) is 0 Å². The Morgan fingerprint density at radius 1 is 0.765 bits per heavy atom. The van der Waals surface area contributed by atoms with Gasteiger partial charge < -0.3 is 15.9 Å². The molecule has 0 radical (unpaired) electrons. The molecule has 1 amide bonds. The number of amides is 1. The zero-order valence-electron chi connectivity index (χ0n) is 18.5. The molecule has 0 fully saturated rings. The fourth-order valence-corrected chi connectivity index (χ4v) is 5.07. The third-order valence-corrected chi connectivity index (χ3v) is 7.98. The van der Waals surface area contributed by atoms with Crippen LogP contribution in [0.4, 0.5) is 8.78 Å². The van der Waals surface area contributed by atoms with Gasteiger partial charge in [0, 0.05) is 24.3 Å². The lowest BCUT2D eigenvalue weighted by Gasteiger charge is -2.34. The highest BCUT2D eigenvalue weighted by Crippen LogP contribution is 2.39. The summed E-state index contributed by atoms with van der Waals surface area (Å²) < 4.78 is 74.7. The largest absolute Gasteiger partial charge is 0.388 e. The maximum Gasteiger partial charge on any atom is 0.221 e. The number of carbonyl (C=O) groups excluding carboxylic acids is 1. The van der Waals surface area contributed by atoms with E-state index in [9.17, 15) is 40.6 Å². The fraction of sp³-hybridized carbons (Fsp3) is 0.409. The highest BCUT2D eigenvalue weighted by molar-refractivity contribution is 7.91. The van der Waals surface area contributed by atoms with E-state index in [1.54, 1.807) is 0 Å². The van der Waals surface area contributed by atoms with Crippen LogP contribution in [0.2, 0.25) is 0 Å². The van der Waals surface area contributed by atoms with Crippen LogP contribution in [-0.4, -0.2) is 58.8 Å². The van der Waals surface area contributed by atoms with Crippen molar-refractivity contribution >= 4 is 25.6 Å². The van der Waals surface area contributed by atoms with Crippen molar-refractivity contribution in [1.82, 2.24) is 0 Å². The van der Waals surface area contributed by atoms with Crippen LogP contribution < -0.4 is 5.73 Å². The number of benzene rings is 2. The highest BCUT2D eigenvalue weighted by Gasteiger charge is 2.42. The van der Waals surface area contributed by atoms with Crippen molar-refractivity contribution in [3.8, 4) is 0 Å². The van der Waals surface area contributed by atoms with Crippen LogP contribution in [0, 0.1) is 17.8 Å². The molecular weight excluding hydrogens is 492 g/mol. The number of sulfone groups is 2. The van der Waals surface area contributed by atoms with E-state index in [-0.39, 0.29) is 20.9 Å². The Labute approximate surface area is 197 Å². The first-order valence-corrected chi connectivity index (χ1v) is 13.9. The summed E-state index contributed by atoms with van der Waals surface area (Å²) in [7, 11) is -7.05. The lowest BCUT2D eigenvalue weighted by Crippen LogP contribution is -2.42. The highest BCUT2D eigenvalue weighted by atomic mass is 32.2. The molecule has 2 rings (SSSR count). The molecule has 8 nitrogen and oxygen atoms in total. The normalized spacial score (nSPS) is 16.9. The van der Waals surface area contributed by atoms with Crippen LogP contribution in [0.15, 0.2) is 58.3 Å². The van der Waals surface area contributed by atoms with Gasteiger partial charge in [0.15, 0.2) is 19.7 Å². The van der Waals surface area contributed by atoms with E-state index in [2.05, 4.69) is 0 Å². The summed E-state index contributed by atoms with van der Waals surface area (Å²) in [4.78, 5) is 12.2. The van der Waals surface area contributed by atoms with Gasteiger partial charge in [-0.2, -0.15) is 0 Å². The second kappa shape index (κ2) is 10.9. The zero-order chi connectivity index (χ0) is 25.8. The monoisotopic (exact) mass is 519 g/mol. The number of hydrogen-bond donors (Lipinski definition) is 3. The maximum atomic E-state index is 14.1. The SMILES string of the molecule is CS(=O)(=O)c1ccc(C(O)C(CF)C(C(N)=O)C(CF)C(O)c2ccc(S(C)(=O)=O)cc2)cc1. The van der Waals surface area contributed by atoms with Gasteiger partial charge in [-0.15, -0.1) is 0 Å². The van der Waals surface area contributed by atoms with E-state index in [0.29, 0.717) is 0 Å². The van der Waals surface area contributed by atoms with Crippen molar-refractivity contribution in [1.29, 1.82) is 0 Å². The molecular formula is C22H27F2NO7S2. The van der Waals surface area contributed by atoms with Crippen LogP contribution in [0.1, 0.15) is 23.3 Å². The minimum atomic E-state index is -3.52. The molecule has 0 bridgehead atoms. The molecule has 4 atom stereocenters. The Kier molecular flexibility index (Phi) is 8.92. The minimum Gasteiger partial charge on any atom is -0.388 e. The van der Waals surface area contributed by atoms with E-state index in [0.717, 1.165) is 12.5 Å². The molecule has 0 saturated carbocycles. The molecule has 0 aliphatic carbocycles. The Hall–Kier alpha value is -2.41. The van der Waals surface area contributed by atoms with Crippen LogP contribution in [0.3, 0.4) is 0 Å².